The number of nitrogens with zero attached hydrogens (tertiary/aromatic N) is 4. The molecule has 0 bridgehead atoms. The molecule has 1 saturated heterocycles. The van der Waals surface area contributed by atoms with Crippen molar-refractivity contribution in [3.05, 3.63) is 34.9 Å². The van der Waals surface area contributed by atoms with E-state index in [9.17, 15) is 5.11 Å². The van der Waals surface area contributed by atoms with Crippen LogP contribution in [0.15, 0.2) is 18.2 Å². The van der Waals surface area contributed by atoms with Crippen molar-refractivity contribution in [1.82, 2.24) is 15.1 Å². The number of benzene rings is 1. The van der Waals surface area contributed by atoms with Crippen molar-refractivity contribution in [3.63, 3.8) is 0 Å². The number of hydrogen-bond acceptors (Lipinski definition) is 6. The number of fused-ring (bicyclic) bond motifs is 1. The van der Waals surface area contributed by atoms with Crippen LogP contribution in [0.25, 0.3) is 11.3 Å². The van der Waals surface area contributed by atoms with Gasteiger partial charge in [0.05, 0.1) is 17.3 Å². The molecule has 1 aromatic heterocycles. The summed E-state index contributed by atoms with van der Waals surface area (Å²) >= 11 is 0. The fraction of sp³-hybridized carbons (Fsp3) is 0.500. The molecule has 2 N–H and O–H groups in total. The number of anilines is 1. The van der Waals surface area contributed by atoms with Gasteiger partial charge in [-0.15, -0.1) is 10.2 Å². The lowest BCUT2D eigenvalue weighted by molar-refractivity contribution is 0.219. The van der Waals surface area contributed by atoms with Crippen LogP contribution in [0.2, 0.25) is 0 Å². The number of hydrogen-bond donors (Lipinski definition) is 2. The summed E-state index contributed by atoms with van der Waals surface area (Å²) in [6.07, 6.45) is 8.27. The number of nitriles is 1. The molecule has 28 heavy (non-hydrogen) atoms. The lowest BCUT2D eigenvalue weighted by Crippen LogP contribution is -2.31. The van der Waals surface area contributed by atoms with Crippen molar-refractivity contribution in [2.24, 2.45) is 0 Å². The minimum atomic E-state index is 0.0577. The van der Waals surface area contributed by atoms with Gasteiger partial charge in [0.25, 0.3) is 0 Å². The number of aromatic nitrogens is 2. The summed E-state index contributed by atoms with van der Waals surface area (Å²) < 4.78 is 0. The summed E-state index contributed by atoms with van der Waals surface area (Å²) in [6.45, 7) is 5.64. The molecule has 2 fully saturated rings. The van der Waals surface area contributed by atoms with Crippen LogP contribution >= 0.6 is 0 Å². The van der Waals surface area contributed by atoms with Gasteiger partial charge in [-0.05, 0) is 75.9 Å². The summed E-state index contributed by atoms with van der Waals surface area (Å²) in [5, 5.41) is 30.3. The van der Waals surface area contributed by atoms with E-state index in [1.54, 1.807) is 12.1 Å². The van der Waals surface area contributed by atoms with Gasteiger partial charge in [0.2, 0.25) is 0 Å². The monoisotopic (exact) mass is 377 g/mol. The molecule has 1 aliphatic carbocycles. The van der Waals surface area contributed by atoms with E-state index in [0.717, 1.165) is 36.0 Å². The number of rotatable bonds is 2. The standard InChI is InChI=1S/C14H12N4O.C8H15N/c1-8-10-4-5-16-14(10)18-17-13(8)11-3-2-9(7-15)6-12(11)19;1-2-6-9(7-3-1)8-4-5-8/h2-3,6,19H,4-5H2,1H3,(H,16,18);8H,1-7H2. The molecule has 0 amide bonds. The van der Waals surface area contributed by atoms with Gasteiger partial charge in [0.1, 0.15) is 5.75 Å². The van der Waals surface area contributed by atoms with Crippen LogP contribution in [-0.2, 0) is 6.42 Å². The average molecular weight is 377 g/mol. The molecular formula is C22H27N5O. The van der Waals surface area contributed by atoms with Gasteiger partial charge in [-0.3, -0.25) is 0 Å². The Balaban J connectivity index is 0.000000177. The number of piperidine rings is 1. The number of nitrogens with one attached hydrogen (secondary N) is 1. The smallest absolute Gasteiger partial charge is 0.152 e. The van der Waals surface area contributed by atoms with Crippen LogP contribution in [0.5, 0.6) is 5.75 Å². The highest BCUT2D eigenvalue weighted by molar-refractivity contribution is 5.73. The van der Waals surface area contributed by atoms with Crippen molar-refractivity contribution >= 4 is 5.82 Å². The van der Waals surface area contributed by atoms with Crippen molar-refractivity contribution in [2.75, 3.05) is 25.0 Å². The van der Waals surface area contributed by atoms with Crippen LogP contribution < -0.4 is 5.32 Å². The summed E-state index contributed by atoms with van der Waals surface area (Å²) in [6, 6.07) is 7.84. The second-order valence-corrected chi connectivity index (χ2v) is 7.85. The highest BCUT2D eigenvalue weighted by Gasteiger charge is 2.29. The van der Waals surface area contributed by atoms with Crippen LogP contribution in [0.4, 0.5) is 5.82 Å². The molecule has 5 rings (SSSR count). The summed E-state index contributed by atoms with van der Waals surface area (Å²) in [4.78, 5) is 2.67. The average Bonchev–Trinajstić information content (AvgIpc) is 3.47. The van der Waals surface area contributed by atoms with E-state index in [1.165, 1.54) is 51.3 Å². The number of phenolic OH excluding ortho intramolecular Hbond substituents is 1. The molecule has 0 atom stereocenters. The van der Waals surface area contributed by atoms with Gasteiger partial charge in [-0.2, -0.15) is 5.26 Å². The molecule has 2 aliphatic heterocycles. The molecule has 2 aromatic rings. The van der Waals surface area contributed by atoms with Gasteiger partial charge in [0, 0.05) is 23.7 Å². The zero-order chi connectivity index (χ0) is 19.5. The highest BCUT2D eigenvalue weighted by atomic mass is 16.3. The minimum absolute atomic E-state index is 0.0577. The van der Waals surface area contributed by atoms with E-state index in [1.807, 2.05) is 13.0 Å². The quantitative estimate of drug-likeness (QED) is 0.831. The number of likely N-dealkylation sites (tertiary alicyclic amines) is 1. The fourth-order valence-corrected chi connectivity index (χ4v) is 4.09. The fourth-order valence-electron chi connectivity index (χ4n) is 4.09. The first-order valence-electron chi connectivity index (χ1n) is 10.2. The van der Waals surface area contributed by atoms with Gasteiger partial charge >= 0.3 is 0 Å². The van der Waals surface area contributed by atoms with Crippen molar-refractivity contribution in [3.8, 4) is 23.1 Å². The molecule has 0 spiro atoms. The third kappa shape index (κ3) is 3.95. The third-order valence-corrected chi connectivity index (χ3v) is 5.85. The minimum Gasteiger partial charge on any atom is -0.507 e. The van der Waals surface area contributed by atoms with Crippen molar-refractivity contribution in [1.29, 1.82) is 5.26 Å². The summed E-state index contributed by atoms with van der Waals surface area (Å²) in [5.41, 5.74) is 3.88. The molecule has 0 radical (unpaired) electrons. The first-order valence-corrected chi connectivity index (χ1v) is 10.2. The van der Waals surface area contributed by atoms with E-state index in [4.69, 9.17) is 5.26 Å². The SMILES string of the molecule is C1CCN(C2CC2)CC1.Cc1c(-c2ccc(C#N)cc2O)nnc2c1CCN2. The Morgan fingerprint density at radius 2 is 1.96 bits per heavy atom. The predicted octanol–water partition coefficient (Wildman–Crippen LogP) is 3.63. The molecule has 1 aromatic carbocycles. The normalized spacial score (nSPS) is 18.4. The highest BCUT2D eigenvalue weighted by Crippen LogP contribution is 2.34. The van der Waals surface area contributed by atoms with Crippen LogP contribution in [-0.4, -0.2) is 45.9 Å². The second-order valence-electron chi connectivity index (χ2n) is 7.85. The molecule has 6 nitrogen and oxygen atoms in total. The largest absolute Gasteiger partial charge is 0.507 e. The van der Waals surface area contributed by atoms with Gasteiger partial charge in [-0.1, -0.05) is 6.42 Å². The van der Waals surface area contributed by atoms with E-state index in [-0.39, 0.29) is 5.75 Å². The first-order chi connectivity index (χ1) is 13.7. The maximum Gasteiger partial charge on any atom is 0.152 e. The van der Waals surface area contributed by atoms with Gasteiger partial charge < -0.3 is 15.3 Å². The summed E-state index contributed by atoms with van der Waals surface area (Å²) in [7, 11) is 0. The van der Waals surface area contributed by atoms with Gasteiger partial charge in [0.15, 0.2) is 5.82 Å². The molecule has 0 unspecified atom stereocenters. The first kappa shape index (κ1) is 18.7. The van der Waals surface area contributed by atoms with Crippen LogP contribution in [0.1, 0.15) is 48.8 Å². The Hall–Kier alpha value is -2.65. The Morgan fingerprint density at radius 1 is 1.18 bits per heavy atom. The third-order valence-electron chi connectivity index (χ3n) is 5.85. The molecule has 3 aliphatic rings. The van der Waals surface area contributed by atoms with Crippen LogP contribution in [0, 0.1) is 18.3 Å². The Labute approximate surface area is 166 Å². The molecule has 3 heterocycles. The zero-order valence-corrected chi connectivity index (χ0v) is 16.4. The topological polar surface area (TPSA) is 85.1 Å². The lowest BCUT2D eigenvalue weighted by atomic mass is 10.0. The Bertz CT molecular complexity index is 895. The van der Waals surface area contributed by atoms with Gasteiger partial charge in [-0.25, -0.2) is 0 Å². The van der Waals surface area contributed by atoms with Crippen molar-refractivity contribution in [2.45, 2.75) is 51.5 Å². The maximum atomic E-state index is 10.0. The van der Waals surface area contributed by atoms with Crippen LogP contribution in [0.3, 0.4) is 0 Å². The molecule has 1 saturated carbocycles. The second kappa shape index (κ2) is 8.15. The molecule has 6 heteroatoms. The number of aromatic hydroxyl groups is 1. The Morgan fingerprint density at radius 3 is 2.64 bits per heavy atom. The van der Waals surface area contributed by atoms with E-state index < -0.39 is 0 Å². The van der Waals surface area contributed by atoms with E-state index in [0.29, 0.717) is 16.8 Å². The van der Waals surface area contributed by atoms with E-state index >= 15 is 0 Å². The summed E-state index contributed by atoms with van der Waals surface area (Å²) in [5.74, 6) is 0.886. The zero-order valence-electron chi connectivity index (χ0n) is 16.4. The lowest BCUT2D eigenvalue weighted by Gasteiger charge is -2.25. The number of phenols is 1. The molecular weight excluding hydrogens is 350 g/mol. The van der Waals surface area contributed by atoms with Crippen molar-refractivity contribution < 1.29 is 5.11 Å². The maximum absolute atomic E-state index is 10.0. The molecule has 146 valence electrons. The van der Waals surface area contributed by atoms with E-state index in [2.05, 4.69) is 20.4 Å². The predicted molar refractivity (Wildman–Crippen MR) is 109 cm³/mol. The Kier molecular flexibility index (Phi) is 5.45.